The Labute approximate surface area is 147 Å². The second kappa shape index (κ2) is 8.86. The lowest BCUT2D eigenvalue weighted by atomic mass is 10.2. The highest BCUT2D eigenvalue weighted by molar-refractivity contribution is 7.86. The van der Waals surface area contributed by atoms with Gasteiger partial charge in [0, 0.05) is 17.8 Å². The number of hydrogen-bond acceptors (Lipinski definition) is 5. The van der Waals surface area contributed by atoms with Crippen LogP contribution in [0.3, 0.4) is 0 Å². The molecule has 0 saturated carbocycles. The van der Waals surface area contributed by atoms with Crippen LogP contribution in [0, 0.1) is 0 Å². The van der Waals surface area contributed by atoms with E-state index in [0.717, 1.165) is 0 Å². The van der Waals surface area contributed by atoms with Crippen molar-refractivity contribution in [3.63, 3.8) is 0 Å². The van der Waals surface area contributed by atoms with Gasteiger partial charge in [0.05, 0.1) is 19.1 Å². The first kappa shape index (κ1) is 18.5. The van der Waals surface area contributed by atoms with Gasteiger partial charge in [-0.05, 0) is 35.9 Å². The fraction of sp³-hybridized carbons (Fsp3) is 0.118. The second-order valence-corrected chi connectivity index (χ2v) is 6.04. The van der Waals surface area contributed by atoms with Crippen LogP contribution in [0.5, 0.6) is 11.5 Å². The van der Waals surface area contributed by atoms with Crippen LogP contribution >= 0.6 is 0 Å². The lowest BCUT2D eigenvalue weighted by Crippen LogP contribution is -2.14. The molecule has 1 atom stereocenters. The van der Waals surface area contributed by atoms with Crippen molar-refractivity contribution in [2.75, 3.05) is 18.9 Å². The Morgan fingerprint density at radius 1 is 1.12 bits per heavy atom. The highest BCUT2D eigenvalue weighted by atomic mass is 32.2. The fourth-order valence-electron chi connectivity index (χ4n) is 2.01. The summed E-state index contributed by atoms with van der Waals surface area (Å²) >= 11 is 0. The van der Waals surface area contributed by atoms with E-state index in [4.69, 9.17) is 14.7 Å². The van der Waals surface area contributed by atoms with E-state index in [9.17, 15) is 9.00 Å². The molecule has 25 heavy (non-hydrogen) atoms. The number of carbonyl (C=O) groups excluding carboxylic acids is 1. The van der Waals surface area contributed by atoms with Crippen molar-refractivity contribution < 1.29 is 23.7 Å². The van der Waals surface area contributed by atoms with Crippen LogP contribution < -0.4 is 19.7 Å². The molecule has 3 N–H and O–H groups in total. The monoisotopic (exact) mass is 362 g/mol. The normalized spacial score (nSPS) is 11.8. The summed E-state index contributed by atoms with van der Waals surface area (Å²) in [7, 11) is 1.53. The summed E-state index contributed by atoms with van der Waals surface area (Å²) in [5, 5.41) is 8.47. The summed E-state index contributed by atoms with van der Waals surface area (Å²) < 4.78 is 25.7. The number of nitrogens with one attached hydrogen (secondary N) is 2. The third kappa shape index (κ3) is 5.07. The summed E-state index contributed by atoms with van der Waals surface area (Å²) in [6, 6.07) is 12.0. The quantitative estimate of drug-likeness (QED) is 0.399. The van der Waals surface area contributed by atoms with Crippen molar-refractivity contribution in [2.24, 2.45) is 0 Å². The van der Waals surface area contributed by atoms with Crippen LogP contribution in [0.4, 0.5) is 5.69 Å². The topological polar surface area (TPSA) is 96.9 Å². The molecule has 0 spiro atoms. The van der Waals surface area contributed by atoms with E-state index in [1.807, 2.05) is 0 Å². The number of methoxy groups -OCH3 is 2. The van der Waals surface area contributed by atoms with Gasteiger partial charge in [-0.1, -0.05) is 12.1 Å². The lowest BCUT2D eigenvalue weighted by Gasteiger charge is -2.11. The molecule has 2 rings (SSSR count). The molecule has 1 unspecified atom stereocenters. The Kier molecular flexibility index (Phi) is 6.55. The molecule has 0 bridgehead atoms. The van der Waals surface area contributed by atoms with Gasteiger partial charge in [-0.15, -0.1) is 0 Å². The van der Waals surface area contributed by atoms with Crippen molar-refractivity contribution in [1.82, 2.24) is 5.48 Å². The van der Waals surface area contributed by atoms with Gasteiger partial charge in [-0.25, -0.2) is 9.69 Å². The summed E-state index contributed by atoms with van der Waals surface area (Å²) in [6.07, 6.45) is 2.71. The van der Waals surface area contributed by atoms with Crippen LogP contribution in [0.2, 0.25) is 0 Å². The molecule has 0 radical (unpaired) electrons. The zero-order chi connectivity index (χ0) is 18.2. The molecular weight excluding hydrogens is 344 g/mol. The Bertz CT molecular complexity index is 807. The third-order valence-corrected chi connectivity index (χ3v) is 4.31. The SMILES string of the molecule is COc1ccc(S(=O)Nc2cccc(/C=C/C(=O)NO)c2)cc1OC. The molecular formula is C17H18N2O5S. The smallest absolute Gasteiger partial charge is 0.267 e. The van der Waals surface area contributed by atoms with Gasteiger partial charge >= 0.3 is 0 Å². The van der Waals surface area contributed by atoms with Crippen LogP contribution in [-0.4, -0.2) is 29.5 Å². The minimum atomic E-state index is -1.51. The van der Waals surface area contributed by atoms with Gasteiger partial charge in [0.1, 0.15) is 11.0 Å². The molecule has 0 heterocycles. The molecule has 7 nitrogen and oxygen atoms in total. The molecule has 2 aromatic carbocycles. The number of rotatable bonds is 7. The standard InChI is InChI=1S/C17H18N2O5S/c1-23-15-8-7-14(11-16(15)24-2)25(22)19-13-5-3-4-12(10-13)6-9-17(20)18-21/h3-11,19,21H,1-2H3,(H,18,20)/b9-6+. The molecule has 0 aliphatic carbocycles. The molecule has 0 saturated heterocycles. The Balaban J connectivity index is 2.15. The van der Waals surface area contributed by atoms with Gasteiger partial charge < -0.3 is 14.2 Å². The van der Waals surface area contributed by atoms with Crippen LogP contribution in [0.1, 0.15) is 5.56 Å². The number of amides is 1. The van der Waals surface area contributed by atoms with E-state index in [2.05, 4.69) is 4.72 Å². The maximum atomic E-state index is 12.5. The maximum Gasteiger partial charge on any atom is 0.267 e. The molecule has 0 aromatic heterocycles. The highest BCUT2D eigenvalue weighted by Gasteiger charge is 2.10. The number of hydroxylamine groups is 1. The average Bonchev–Trinajstić information content (AvgIpc) is 2.65. The van der Waals surface area contributed by atoms with Gasteiger partial charge in [0.2, 0.25) is 0 Å². The maximum absolute atomic E-state index is 12.5. The number of ether oxygens (including phenoxy) is 2. The van der Waals surface area contributed by atoms with E-state index in [0.29, 0.717) is 27.6 Å². The molecule has 0 fully saturated rings. The first-order chi connectivity index (χ1) is 12.1. The predicted molar refractivity (Wildman–Crippen MR) is 95.0 cm³/mol. The number of anilines is 1. The first-order valence-corrected chi connectivity index (χ1v) is 8.35. The van der Waals surface area contributed by atoms with E-state index < -0.39 is 16.9 Å². The van der Waals surface area contributed by atoms with Crippen LogP contribution in [0.25, 0.3) is 6.08 Å². The third-order valence-electron chi connectivity index (χ3n) is 3.20. The minimum absolute atomic E-state index is 0.488. The first-order valence-electron chi connectivity index (χ1n) is 7.20. The highest BCUT2D eigenvalue weighted by Crippen LogP contribution is 2.29. The number of hydrogen-bond donors (Lipinski definition) is 3. The van der Waals surface area contributed by atoms with E-state index >= 15 is 0 Å². The van der Waals surface area contributed by atoms with Crippen LogP contribution in [-0.2, 0) is 15.8 Å². The van der Waals surface area contributed by atoms with Gasteiger partial charge in [0.15, 0.2) is 11.5 Å². The Hall–Kier alpha value is -2.84. The van der Waals surface area contributed by atoms with Crippen molar-refractivity contribution in [3.05, 3.63) is 54.1 Å². The van der Waals surface area contributed by atoms with E-state index in [1.54, 1.807) is 42.5 Å². The number of benzene rings is 2. The molecule has 2 aromatic rings. The molecule has 0 aliphatic heterocycles. The van der Waals surface area contributed by atoms with E-state index in [1.165, 1.54) is 31.9 Å². The fourth-order valence-corrected chi connectivity index (χ4v) is 2.88. The van der Waals surface area contributed by atoms with Crippen molar-refractivity contribution >= 4 is 28.7 Å². The minimum Gasteiger partial charge on any atom is -0.493 e. The van der Waals surface area contributed by atoms with Crippen molar-refractivity contribution in [1.29, 1.82) is 0 Å². The van der Waals surface area contributed by atoms with Gasteiger partial charge in [-0.3, -0.25) is 10.0 Å². The molecule has 0 aliphatic rings. The van der Waals surface area contributed by atoms with Gasteiger partial charge in [-0.2, -0.15) is 0 Å². The summed E-state index contributed by atoms with van der Waals surface area (Å²) in [6.45, 7) is 0. The Morgan fingerprint density at radius 2 is 1.88 bits per heavy atom. The van der Waals surface area contributed by atoms with Crippen molar-refractivity contribution in [2.45, 2.75) is 4.90 Å². The molecule has 132 valence electrons. The zero-order valence-corrected chi connectivity index (χ0v) is 14.5. The summed E-state index contributed by atoms with van der Waals surface area (Å²) in [5.41, 5.74) is 2.83. The summed E-state index contributed by atoms with van der Waals surface area (Å²) in [4.78, 5) is 11.5. The van der Waals surface area contributed by atoms with Gasteiger partial charge in [0.25, 0.3) is 5.91 Å². The van der Waals surface area contributed by atoms with Crippen LogP contribution in [0.15, 0.2) is 53.4 Å². The zero-order valence-electron chi connectivity index (χ0n) is 13.7. The molecule has 1 amide bonds. The average molecular weight is 362 g/mol. The predicted octanol–water partition coefficient (Wildman–Crippen LogP) is 2.36. The van der Waals surface area contributed by atoms with E-state index in [-0.39, 0.29) is 0 Å². The molecule has 8 heteroatoms. The Morgan fingerprint density at radius 3 is 2.56 bits per heavy atom. The summed E-state index contributed by atoms with van der Waals surface area (Å²) in [5.74, 6) is 0.409. The second-order valence-electron chi connectivity index (χ2n) is 4.82. The lowest BCUT2D eigenvalue weighted by molar-refractivity contribution is -0.124. The number of carbonyl (C=O) groups is 1. The largest absolute Gasteiger partial charge is 0.493 e. The van der Waals surface area contributed by atoms with Crippen molar-refractivity contribution in [3.8, 4) is 11.5 Å².